The molecule has 0 spiro atoms. The van der Waals surface area contributed by atoms with Crippen molar-refractivity contribution in [2.24, 2.45) is 0 Å². The molecule has 2 unspecified atom stereocenters. The van der Waals surface area contributed by atoms with Crippen molar-refractivity contribution >= 4 is 10.0 Å². The molecular formula is C15H23NO4S. The molecule has 1 heterocycles. The highest BCUT2D eigenvalue weighted by molar-refractivity contribution is 7.89. The smallest absolute Gasteiger partial charge is 0.241 e. The van der Waals surface area contributed by atoms with E-state index in [4.69, 9.17) is 4.74 Å². The van der Waals surface area contributed by atoms with Gasteiger partial charge in [-0.05, 0) is 43.9 Å². The van der Waals surface area contributed by atoms with Gasteiger partial charge < -0.3 is 9.84 Å². The fourth-order valence-electron chi connectivity index (χ4n) is 2.57. The fraction of sp³-hybridized carbons (Fsp3) is 0.600. The van der Waals surface area contributed by atoms with Gasteiger partial charge in [-0.2, -0.15) is 0 Å². The van der Waals surface area contributed by atoms with Crippen LogP contribution >= 0.6 is 0 Å². The number of ether oxygens (including phenoxy) is 1. The second-order valence-corrected chi connectivity index (χ2v) is 7.39. The first kappa shape index (κ1) is 16.4. The van der Waals surface area contributed by atoms with E-state index in [9.17, 15) is 13.5 Å². The Balaban J connectivity index is 2.39. The van der Waals surface area contributed by atoms with E-state index in [2.05, 4.69) is 4.72 Å². The normalized spacial score (nSPS) is 26.2. The molecular weight excluding hydrogens is 290 g/mol. The molecule has 0 amide bonds. The molecule has 1 aliphatic rings. The molecule has 1 fully saturated rings. The highest BCUT2D eigenvalue weighted by Crippen LogP contribution is 2.28. The van der Waals surface area contributed by atoms with Crippen molar-refractivity contribution in [1.82, 2.24) is 4.72 Å². The van der Waals surface area contributed by atoms with Crippen LogP contribution in [-0.4, -0.2) is 31.8 Å². The van der Waals surface area contributed by atoms with Gasteiger partial charge in [0.15, 0.2) is 0 Å². The predicted molar refractivity (Wildman–Crippen MR) is 80.5 cm³/mol. The van der Waals surface area contributed by atoms with Crippen molar-refractivity contribution in [3.63, 3.8) is 0 Å². The minimum Gasteiger partial charge on any atom is -0.392 e. The molecule has 2 rings (SSSR count). The Morgan fingerprint density at radius 2 is 2.19 bits per heavy atom. The second-order valence-electron chi connectivity index (χ2n) is 5.74. The number of aliphatic hydroxyl groups excluding tert-OH is 1. The maximum Gasteiger partial charge on any atom is 0.241 e. The van der Waals surface area contributed by atoms with E-state index < -0.39 is 15.6 Å². The first-order chi connectivity index (χ1) is 9.82. The number of aliphatic hydroxyl groups is 1. The van der Waals surface area contributed by atoms with E-state index in [0.717, 1.165) is 5.56 Å². The summed E-state index contributed by atoms with van der Waals surface area (Å²) in [5.74, 6) is 0. The largest absolute Gasteiger partial charge is 0.392 e. The standard InChI is InChI=1S/C15H23NO4S/c1-4-13-6-5-12(10-17)9-14(13)21(18,19)16-15(3)7-8-20-11(15)2/h5-6,9,11,16-17H,4,7-8,10H2,1-3H3. The Morgan fingerprint density at radius 3 is 2.71 bits per heavy atom. The number of benzene rings is 1. The monoisotopic (exact) mass is 313 g/mol. The summed E-state index contributed by atoms with van der Waals surface area (Å²) in [5.41, 5.74) is 0.738. The summed E-state index contributed by atoms with van der Waals surface area (Å²) in [6.07, 6.45) is 1.09. The molecule has 0 aliphatic carbocycles. The fourth-order valence-corrected chi connectivity index (χ4v) is 4.43. The molecule has 0 radical (unpaired) electrons. The molecule has 6 heteroatoms. The lowest BCUT2D eigenvalue weighted by Gasteiger charge is -2.29. The van der Waals surface area contributed by atoms with Crippen LogP contribution in [0, 0.1) is 0 Å². The maximum absolute atomic E-state index is 12.7. The Hall–Kier alpha value is -0.950. The summed E-state index contributed by atoms with van der Waals surface area (Å²) in [7, 11) is -3.65. The van der Waals surface area contributed by atoms with Crippen molar-refractivity contribution in [2.45, 2.75) is 56.8 Å². The van der Waals surface area contributed by atoms with Crippen LogP contribution in [0.1, 0.15) is 38.3 Å². The third kappa shape index (κ3) is 3.29. The molecule has 1 aliphatic heterocycles. The van der Waals surface area contributed by atoms with Gasteiger partial charge >= 0.3 is 0 Å². The first-order valence-electron chi connectivity index (χ1n) is 7.20. The highest BCUT2D eigenvalue weighted by atomic mass is 32.2. The number of nitrogens with one attached hydrogen (secondary N) is 1. The average Bonchev–Trinajstić information content (AvgIpc) is 2.76. The number of hydrogen-bond acceptors (Lipinski definition) is 4. The molecule has 1 aromatic carbocycles. The lowest BCUT2D eigenvalue weighted by molar-refractivity contribution is 0.0957. The lowest BCUT2D eigenvalue weighted by Crippen LogP contribution is -2.50. The molecule has 5 nitrogen and oxygen atoms in total. The van der Waals surface area contributed by atoms with Crippen LogP contribution in [0.25, 0.3) is 0 Å². The first-order valence-corrected chi connectivity index (χ1v) is 8.69. The highest BCUT2D eigenvalue weighted by Gasteiger charge is 2.41. The third-order valence-electron chi connectivity index (χ3n) is 4.24. The zero-order valence-electron chi connectivity index (χ0n) is 12.7. The van der Waals surface area contributed by atoms with Crippen molar-refractivity contribution in [3.05, 3.63) is 29.3 Å². The zero-order valence-corrected chi connectivity index (χ0v) is 13.5. The molecule has 0 aromatic heterocycles. The van der Waals surface area contributed by atoms with Crippen molar-refractivity contribution in [3.8, 4) is 0 Å². The van der Waals surface area contributed by atoms with Crippen LogP contribution in [-0.2, 0) is 27.8 Å². The lowest BCUT2D eigenvalue weighted by atomic mass is 9.97. The average molecular weight is 313 g/mol. The molecule has 1 aromatic rings. The van der Waals surface area contributed by atoms with Gasteiger partial charge in [-0.3, -0.25) is 0 Å². The number of hydrogen-bond donors (Lipinski definition) is 2. The summed E-state index contributed by atoms with van der Waals surface area (Å²) < 4.78 is 33.8. The summed E-state index contributed by atoms with van der Waals surface area (Å²) in [6.45, 7) is 6.03. The van der Waals surface area contributed by atoms with Crippen LogP contribution < -0.4 is 4.72 Å². The van der Waals surface area contributed by atoms with Crippen LogP contribution in [0.5, 0.6) is 0 Å². The predicted octanol–water partition coefficient (Wildman–Crippen LogP) is 1.59. The molecule has 1 saturated heterocycles. The Morgan fingerprint density at radius 1 is 1.48 bits per heavy atom. The van der Waals surface area contributed by atoms with Gasteiger partial charge in [0.1, 0.15) is 0 Å². The summed E-state index contributed by atoms with van der Waals surface area (Å²) >= 11 is 0. The van der Waals surface area contributed by atoms with E-state index in [1.165, 1.54) is 0 Å². The van der Waals surface area contributed by atoms with Crippen LogP contribution in [0.2, 0.25) is 0 Å². The maximum atomic E-state index is 12.7. The van der Waals surface area contributed by atoms with E-state index in [1.807, 2.05) is 20.8 Å². The minimum atomic E-state index is -3.65. The molecule has 118 valence electrons. The summed E-state index contributed by atoms with van der Waals surface area (Å²) in [5, 5.41) is 9.23. The van der Waals surface area contributed by atoms with E-state index in [0.29, 0.717) is 25.0 Å². The van der Waals surface area contributed by atoms with Gasteiger partial charge in [0.25, 0.3) is 0 Å². The number of aryl methyl sites for hydroxylation is 1. The van der Waals surface area contributed by atoms with Crippen LogP contribution in [0.4, 0.5) is 0 Å². The zero-order chi connectivity index (χ0) is 15.7. The number of sulfonamides is 1. The van der Waals surface area contributed by atoms with Gasteiger partial charge in [0.2, 0.25) is 10.0 Å². The van der Waals surface area contributed by atoms with E-state index in [1.54, 1.807) is 18.2 Å². The molecule has 0 saturated carbocycles. The number of rotatable bonds is 5. The van der Waals surface area contributed by atoms with Crippen LogP contribution in [0.15, 0.2) is 23.1 Å². The van der Waals surface area contributed by atoms with Crippen molar-refractivity contribution in [2.75, 3.05) is 6.61 Å². The van der Waals surface area contributed by atoms with Gasteiger partial charge in [-0.15, -0.1) is 0 Å². The van der Waals surface area contributed by atoms with Gasteiger partial charge in [0, 0.05) is 6.61 Å². The third-order valence-corrected chi connectivity index (χ3v) is 5.93. The van der Waals surface area contributed by atoms with Gasteiger partial charge in [0.05, 0.1) is 23.1 Å². The van der Waals surface area contributed by atoms with Gasteiger partial charge in [-0.25, -0.2) is 13.1 Å². The van der Waals surface area contributed by atoms with Crippen molar-refractivity contribution in [1.29, 1.82) is 0 Å². The summed E-state index contributed by atoms with van der Waals surface area (Å²) in [4.78, 5) is 0.247. The Labute approximate surface area is 126 Å². The second kappa shape index (κ2) is 6.04. The molecule has 2 N–H and O–H groups in total. The quantitative estimate of drug-likeness (QED) is 0.865. The van der Waals surface area contributed by atoms with E-state index in [-0.39, 0.29) is 17.6 Å². The SMILES string of the molecule is CCc1ccc(CO)cc1S(=O)(=O)NC1(C)CCOC1C. The minimum absolute atomic E-state index is 0.168. The van der Waals surface area contributed by atoms with Crippen molar-refractivity contribution < 1.29 is 18.3 Å². The van der Waals surface area contributed by atoms with Crippen LogP contribution in [0.3, 0.4) is 0 Å². The Bertz CT molecular complexity index is 614. The molecule has 0 bridgehead atoms. The topological polar surface area (TPSA) is 75.6 Å². The summed E-state index contributed by atoms with van der Waals surface area (Å²) in [6, 6.07) is 5.06. The van der Waals surface area contributed by atoms with E-state index >= 15 is 0 Å². The molecule has 2 atom stereocenters. The Kier molecular flexibility index (Phi) is 4.72. The molecule has 21 heavy (non-hydrogen) atoms. The van der Waals surface area contributed by atoms with Gasteiger partial charge in [-0.1, -0.05) is 19.1 Å².